The van der Waals surface area contributed by atoms with Crippen molar-refractivity contribution in [3.63, 3.8) is 0 Å². The molecule has 8 nitrogen and oxygen atoms in total. The topological polar surface area (TPSA) is 95.8 Å². The molecule has 0 aromatic heterocycles. The minimum atomic E-state index is -1.46. The summed E-state index contributed by atoms with van der Waals surface area (Å²) in [6, 6.07) is 8.01. The third-order valence-corrected chi connectivity index (χ3v) is 12.4. The Morgan fingerprint density at radius 3 is 2.23 bits per heavy atom. The van der Waals surface area contributed by atoms with E-state index >= 15 is 0 Å². The Kier molecular flexibility index (Phi) is 9.86. The highest BCUT2D eigenvalue weighted by Crippen LogP contribution is 2.66. The van der Waals surface area contributed by atoms with Gasteiger partial charge in [0.25, 0.3) is 5.79 Å². The van der Waals surface area contributed by atoms with Gasteiger partial charge in [-0.3, -0.25) is 4.99 Å². The Balaban J connectivity index is 1.01. The first kappa shape index (κ1) is 35.4. The number of rotatable bonds is 15. The largest absolute Gasteiger partial charge is 0.454 e. The van der Waals surface area contributed by atoms with E-state index in [0.717, 1.165) is 81.4 Å². The zero-order valence-electron chi connectivity index (χ0n) is 30.4. The van der Waals surface area contributed by atoms with Crippen molar-refractivity contribution in [2.45, 2.75) is 173 Å². The van der Waals surface area contributed by atoms with Crippen LogP contribution in [0.5, 0.6) is 11.5 Å². The van der Waals surface area contributed by atoms with Crippen LogP contribution in [0.15, 0.2) is 41.4 Å². The van der Waals surface area contributed by atoms with Gasteiger partial charge in [0.15, 0.2) is 22.8 Å². The minimum Gasteiger partial charge on any atom is -0.454 e. The number of allylic oxidation sites excluding steroid dienone is 1. The Morgan fingerprint density at radius 2 is 1.56 bits per heavy atom. The normalized spacial score (nSPS) is 34.3. The van der Waals surface area contributed by atoms with Gasteiger partial charge >= 0.3 is 5.97 Å². The third kappa shape index (κ3) is 6.35. The van der Waals surface area contributed by atoms with Crippen LogP contribution in [0.3, 0.4) is 0 Å². The fourth-order valence-electron chi connectivity index (χ4n) is 9.03. The molecule has 3 fully saturated rings. The first-order valence-corrected chi connectivity index (χ1v) is 18.7. The second kappa shape index (κ2) is 13.4. The SMILES string of the molecule is CCCCCCC1(CCCCCC/C=C/[C@@H]2OC(C)(C)O[C@H]2[C@H](O)[C@]2(C)N=C3[C@H](OC2=O)[C@H]2CC[C@]3(C)C2(C)C)Oc2ccccc2O1. The van der Waals surface area contributed by atoms with Crippen LogP contribution in [0.25, 0.3) is 0 Å². The van der Waals surface area contributed by atoms with Gasteiger partial charge in [0, 0.05) is 24.2 Å². The van der Waals surface area contributed by atoms with Gasteiger partial charge in [0.1, 0.15) is 24.4 Å². The highest BCUT2D eigenvalue weighted by Gasteiger charge is 2.69. The number of carbonyl (C=O) groups excluding carboxylic acids is 1. The summed E-state index contributed by atoms with van der Waals surface area (Å²) in [6.07, 6.45) is 15.1. The first-order valence-electron chi connectivity index (χ1n) is 18.7. The van der Waals surface area contributed by atoms with E-state index in [4.69, 9.17) is 28.7 Å². The number of hydrogen-bond acceptors (Lipinski definition) is 8. The van der Waals surface area contributed by atoms with Crippen LogP contribution in [0.1, 0.15) is 132 Å². The number of benzene rings is 1. The van der Waals surface area contributed by atoms with Crippen molar-refractivity contribution in [1.82, 2.24) is 0 Å². The number of ether oxygens (including phenoxy) is 5. The van der Waals surface area contributed by atoms with Crippen molar-refractivity contribution >= 4 is 11.7 Å². The highest BCUT2D eigenvalue weighted by atomic mass is 16.8. The molecule has 3 aliphatic heterocycles. The number of carbonyl (C=O) groups is 1. The van der Waals surface area contributed by atoms with Crippen LogP contribution in [0.4, 0.5) is 0 Å². The molecule has 0 radical (unpaired) electrons. The number of fused-ring (bicyclic) bond motifs is 6. The molecule has 1 aromatic carbocycles. The van der Waals surface area contributed by atoms with E-state index in [2.05, 4.69) is 33.8 Å². The molecule has 6 rings (SSSR count). The predicted octanol–water partition coefficient (Wildman–Crippen LogP) is 8.48. The minimum absolute atomic E-state index is 0.0210. The molecule has 2 saturated carbocycles. The van der Waals surface area contributed by atoms with Gasteiger partial charge in [-0.2, -0.15) is 0 Å². The first-order chi connectivity index (χ1) is 22.8. The Morgan fingerprint density at radius 1 is 0.917 bits per heavy atom. The number of aliphatic imine (C=N–C) groups is 1. The molecule has 8 heteroatoms. The fraction of sp³-hybridized carbons (Fsp3) is 0.750. The van der Waals surface area contributed by atoms with Crippen LogP contribution in [0.2, 0.25) is 0 Å². The number of nitrogens with zero attached hydrogens (tertiary/aromatic N) is 1. The number of unbranched alkanes of at least 4 members (excludes halogenated alkanes) is 7. The van der Waals surface area contributed by atoms with Crippen LogP contribution >= 0.6 is 0 Å². The number of aliphatic hydroxyl groups is 1. The molecule has 1 aromatic rings. The van der Waals surface area contributed by atoms with E-state index in [1.807, 2.05) is 44.2 Å². The van der Waals surface area contributed by atoms with Crippen LogP contribution in [-0.2, 0) is 19.0 Å². The summed E-state index contributed by atoms with van der Waals surface area (Å²) in [4.78, 5) is 18.6. The van der Waals surface area contributed by atoms with Gasteiger partial charge < -0.3 is 28.8 Å². The number of esters is 1. The molecular formula is C40H59NO7. The number of aliphatic hydroxyl groups excluding tert-OH is 1. The van der Waals surface area contributed by atoms with Crippen molar-refractivity contribution in [3.8, 4) is 11.5 Å². The van der Waals surface area contributed by atoms with Crippen molar-refractivity contribution in [1.29, 1.82) is 0 Å². The Hall–Kier alpha value is -2.42. The zero-order chi connectivity index (χ0) is 34.4. The monoisotopic (exact) mass is 665 g/mol. The molecule has 1 saturated heterocycles. The summed E-state index contributed by atoms with van der Waals surface area (Å²) in [5.41, 5.74) is -0.717. The molecular weight excluding hydrogens is 606 g/mol. The molecule has 5 aliphatic rings. The molecule has 1 N–H and O–H groups in total. The third-order valence-electron chi connectivity index (χ3n) is 12.4. The van der Waals surface area contributed by atoms with Crippen molar-refractivity contribution in [2.24, 2.45) is 21.7 Å². The summed E-state index contributed by atoms with van der Waals surface area (Å²) in [6.45, 7) is 14.4. The molecule has 0 amide bonds. The van der Waals surface area contributed by atoms with Crippen molar-refractivity contribution in [3.05, 3.63) is 36.4 Å². The van der Waals surface area contributed by atoms with Crippen LogP contribution < -0.4 is 9.47 Å². The maximum absolute atomic E-state index is 13.5. The molecule has 7 atom stereocenters. The maximum Gasteiger partial charge on any atom is 0.337 e. The standard InChI is InChI=1S/C40H59NO7/c1-8-9-10-18-24-40(46-28-20-16-17-21-29(28)47-40)25-19-14-12-11-13-15-22-30-32(48-37(4,5)45-30)34(42)39(7)35(43)44-31-27-23-26-38(6,33(31)41-39)36(27,2)3/h15-17,20-22,27,30-32,34,42H,8-14,18-19,23-26H2,1-7H3/b22-15+/t27-,30+,31-,32-,34+,38+,39+/m1/s1. The zero-order valence-corrected chi connectivity index (χ0v) is 30.4. The average Bonchev–Trinajstić information content (AvgIpc) is 3.68. The van der Waals surface area contributed by atoms with Crippen molar-refractivity contribution in [2.75, 3.05) is 0 Å². The second-order valence-electron chi connectivity index (χ2n) is 16.4. The molecule has 48 heavy (non-hydrogen) atoms. The quantitative estimate of drug-likeness (QED) is 0.114. The Labute approximate surface area is 288 Å². The van der Waals surface area contributed by atoms with Crippen molar-refractivity contribution < 1.29 is 33.6 Å². The molecule has 0 unspecified atom stereocenters. The van der Waals surface area contributed by atoms with E-state index in [9.17, 15) is 9.90 Å². The van der Waals surface area contributed by atoms with Gasteiger partial charge in [-0.05, 0) is 76.8 Å². The van der Waals surface area contributed by atoms with Gasteiger partial charge in [-0.25, -0.2) is 4.79 Å². The van der Waals surface area contributed by atoms with Gasteiger partial charge in [0.2, 0.25) is 0 Å². The lowest BCUT2D eigenvalue weighted by Gasteiger charge is -2.42. The molecule has 2 aliphatic carbocycles. The maximum atomic E-state index is 13.5. The summed E-state index contributed by atoms with van der Waals surface area (Å²) < 4.78 is 31.4. The molecule has 2 bridgehead atoms. The lowest BCUT2D eigenvalue weighted by atomic mass is 9.70. The van der Waals surface area contributed by atoms with Gasteiger partial charge in [0.05, 0.1) is 5.71 Å². The predicted molar refractivity (Wildman–Crippen MR) is 186 cm³/mol. The summed E-state index contributed by atoms with van der Waals surface area (Å²) in [5, 5.41) is 11.8. The number of para-hydroxylation sites is 2. The summed E-state index contributed by atoms with van der Waals surface area (Å²) in [5.74, 6) is 0.0492. The van der Waals surface area contributed by atoms with E-state index in [-0.39, 0.29) is 22.9 Å². The lowest BCUT2D eigenvalue weighted by molar-refractivity contribution is -0.175. The molecule has 3 heterocycles. The van der Waals surface area contributed by atoms with Crippen LogP contribution in [-0.4, -0.2) is 58.3 Å². The highest BCUT2D eigenvalue weighted by molar-refractivity contribution is 6.04. The number of hydrogen-bond donors (Lipinski definition) is 1. The summed E-state index contributed by atoms with van der Waals surface area (Å²) in [7, 11) is 0. The van der Waals surface area contributed by atoms with E-state index in [0.29, 0.717) is 0 Å². The average molecular weight is 666 g/mol. The van der Waals surface area contributed by atoms with Gasteiger partial charge in [-0.15, -0.1) is 0 Å². The fourth-order valence-corrected chi connectivity index (χ4v) is 9.03. The lowest BCUT2D eigenvalue weighted by Crippen LogP contribution is -2.59. The smallest absolute Gasteiger partial charge is 0.337 e. The molecule has 0 spiro atoms. The molecule has 266 valence electrons. The van der Waals surface area contributed by atoms with E-state index in [1.54, 1.807) is 6.92 Å². The van der Waals surface area contributed by atoms with E-state index in [1.165, 1.54) is 19.3 Å². The second-order valence-corrected chi connectivity index (χ2v) is 16.4. The van der Waals surface area contributed by atoms with Crippen LogP contribution in [0, 0.1) is 16.7 Å². The van der Waals surface area contributed by atoms with Gasteiger partial charge in [-0.1, -0.05) is 84.1 Å². The Bertz CT molecular complexity index is 1360. The summed E-state index contributed by atoms with van der Waals surface area (Å²) >= 11 is 0. The van der Waals surface area contributed by atoms with E-state index < -0.39 is 41.4 Å².